The van der Waals surface area contributed by atoms with Gasteiger partial charge in [0.1, 0.15) is 23.0 Å². The van der Waals surface area contributed by atoms with E-state index < -0.39 is 53.1 Å². The van der Waals surface area contributed by atoms with Crippen LogP contribution in [0.1, 0.15) is 87.9 Å². The van der Waals surface area contributed by atoms with E-state index in [9.17, 15) is 29.1 Å². The van der Waals surface area contributed by atoms with E-state index >= 15 is 0 Å². The van der Waals surface area contributed by atoms with Crippen LogP contribution in [0.4, 0.5) is 0 Å². The lowest BCUT2D eigenvalue weighted by Crippen LogP contribution is -2.52. The number of fused-ring (bicyclic) bond motifs is 1. The van der Waals surface area contributed by atoms with Crippen LogP contribution in [0.5, 0.6) is 0 Å². The van der Waals surface area contributed by atoms with E-state index in [4.69, 9.17) is 5.73 Å². The number of nitrogens with one attached hydrogen (secondary N) is 1. The minimum Gasteiger partial charge on any atom is -0.384 e. The van der Waals surface area contributed by atoms with Crippen molar-refractivity contribution in [2.24, 2.45) is 16.6 Å². The molecule has 4 amide bonds. The fourth-order valence-corrected chi connectivity index (χ4v) is 6.36. The van der Waals surface area contributed by atoms with Gasteiger partial charge in [0.05, 0.1) is 29.5 Å². The smallest absolute Gasteiger partial charge is 0.296 e. The molecule has 2 fully saturated rings. The van der Waals surface area contributed by atoms with E-state index in [0.29, 0.717) is 16.6 Å². The highest BCUT2D eigenvalue weighted by molar-refractivity contribution is 6.41. The van der Waals surface area contributed by atoms with Gasteiger partial charge in [-0.15, -0.1) is 5.10 Å². The Bertz CT molecular complexity index is 1720. The first-order valence-electron chi connectivity index (χ1n) is 15.7. The first kappa shape index (κ1) is 33.4. The number of carbonyl (C=O) groups excluding carboxylic acids is 5. The summed E-state index contributed by atoms with van der Waals surface area (Å²) >= 11 is 0. The predicted octanol–water partition coefficient (Wildman–Crippen LogP) is 1.40. The topological polar surface area (TPSA) is 216 Å². The summed E-state index contributed by atoms with van der Waals surface area (Å²) in [5, 5.41) is 21.8. The Morgan fingerprint density at radius 3 is 2.55 bits per heavy atom. The van der Waals surface area contributed by atoms with Crippen LogP contribution in [0.25, 0.3) is 10.9 Å². The van der Waals surface area contributed by atoms with Crippen molar-refractivity contribution in [3.63, 3.8) is 0 Å². The molecule has 5 rings (SSSR count). The number of nitrogens with zero attached hydrogens (tertiary/aromatic N) is 7. The molecule has 2 aliphatic rings. The molecule has 3 atom stereocenters. The summed E-state index contributed by atoms with van der Waals surface area (Å²) in [7, 11) is 0. The van der Waals surface area contributed by atoms with Crippen molar-refractivity contribution in [1.82, 2.24) is 35.2 Å². The van der Waals surface area contributed by atoms with Crippen molar-refractivity contribution in [3.8, 4) is 0 Å². The third-order valence-corrected chi connectivity index (χ3v) is 8.81. The highest BCUT2D eigenvalue weighted by Crippen LogP contribution is 2.33. The van der Waals surface area contributed by atoms with Gasteiger partial charge in [0, 0.05) is 30.7 Å². The van der Waals surface area contributed by atoms with E-state index in [1.807, 2.05) is 0 Å². The lowest BCUT2D eigenvalue weighted by molar-refractivity contribution is -0.139. The van der Waals surface area contributed by atoms with Gasteiger partial charge in [0.15, 0.2) is 0 Å². The van der Waals surface area contributed by atoms with E-state index in [1.165, 1.54) is 28.9 Å². The Morgan fingerprint density at radius 1 is 1.11 bits per heavy atom. The highest BCUT2D eigenvalue weighted by atomic mass is 16.3. The van der Waals surface area contributed by atoms with E-state index in [2.05, 4.69) is 30.6 Å². The maximum absolute atomic E-state index is 14.5. The predicted molar refractivity (Wildman–Crippen MR) is 169 cm³/mol. The number of hydrogen-bond donors (Lipinski definition) is 3. The minimum absolute atomic E-state index is 0.00870. The molecule has 47 heavy (non-hydrogen) atoms. The Balaban J connectivity index is 1.52. The first-order chi connectivity index (χ1) is 22.3. The van der Waals surface area contributed by atoms with Gasteiger partial charge in [-0.3, -0.25) is 33.9 Å². The van der Waals surface area contributed by atoms with E-state index in [1.54, 1.807) is 38.2 Å². The molecule has 3 aromatic rings. The third-order valence-electron chi connectivity index (χ3n) is 8.81. The monoisotopic (exact) mass is 645 g/mol. The number of nitrogens with two attached hydrogens (primary N) is 1. The maximum atomic E-state index is 14.5. The number of aromatic nitrogens is 5. The summed E-state index contributed by atoms with van der Waals surface area (Å²) in [4.78, 5) is 79.7. The van der Waals surface area contributed by atoms with Crippen LogP contribution >= 0.6 is 0 Å². The summed E-state index contributed by atoms with van der Waals surface area (Å²) in [6.07, 6.45) is 9.53. The molecule has 1 aliphatic carbocycles. The van der Waals surface area contributed by atoms with Gasteiger partial charge >= 0.3 is 0 Å². The molecule has 1 aliphatic heterocycles. The normalized spacial score (nSPS) is 19.8. The number of carbonyl (C=O) groups is 5. The number of rotatable bonds is 10. The Kier molecular flexibility index (Phi) is 9.84. The lowest BCUT2D eigenvalue weighted by atomic mass is 9.85. The van der Waals surface area contributed by atoms with Crippen molar-refractivity contribution in [1.29, 1.82) is 0 Å². The standard InChI is InChI=1S/C32H39N9O6/c1-18(27(42)28(33)43)37-29(44)24-15-20(41-25(16-36-39-41)32(2,3)47)17-40(24)31(46)23(14-19-8-5-4-6-9-19)38-30(45)26-21-10-7-12-34-22(21)11-13-35-26/h7,10-13,16,18-20,24,47H,4-6,8-9,14-15,17H2,1-3H3,(H2,33,43)(H,37,44)/t18?,20-,24-/m0/s1. The zero-order valence-electron chi connectivity index (χ0n) is 26.6. The van der Waals surface area contributed by atoms with Gasteiger partial charge in [-0.1, -0.05) is 37.3 Å². The maximum Gasteiger partial charge on any atom is 0.296 e. The molecule has 15 heteroatoms. The second-order valence-corrected chi connectivity index (χ2v) is 12.7. The molecule has 0 spiro atoms. The number of pyridine rings is 2. The highest BCUT2D eigenvalue weighted by Gasteiger charge is 2.44. The lowest BCUT2D eigenvalue weighted by Gasteiger charge is -2.27. The first-order valence-corrected chi connectivity index (χ1v) is 15.7. The quantitative estimate of drug-likeness (QED) is 0.213. The largest absolute Gasteiger partial charge is 0.384 e. The van der Waals surface area contributed by atoms with Crippen molar-refractivity contribution >= 4 is 46.0 Å². The zero-order chi connectivity index (χ0) is 33.9. The molecule has 1 saturated carbocycles. The van der Waals surface area contributed by atoms with Gasteiger partial charge in [0.25, 0.3) is 17.7 Å². The molecule has 0 radical (unpaired) electrons. The Labute approximate surface area is 271 Å². The molecular formula is C32H39N9O6. The van der Waals surface area contributed by atoms with Crippen molar-refractivity contribution in [3.05, 3.63) is 48.2 Å². The molecule has 4 heterocycles. The fraction of sp³-hybridized carbons (Fsp3) is 0.500. The number of ketones is 1. The second kappa shape index (κ2) is 13.8. The number of aliphatic hydroxyl groups is 1. The van der Waals surface area contributed by atoms with Crippen LogP contribution in [0.2, 0.25) is 0 Å². The van der Waals surface area contributed by atoms with Crippen LogP contribution < -0.4 is 11.1 Å². The van der Waals surface area contributed by atoms with Crippen LogP contribution in [-0.4, -0.2) is 88.7 Å². The third kappa shape index (κ3) is 7.40. The van der Waals surface area contributed by atoms with Gasteiger partial charge in [0.2, 0.25) is 11.7 Å². The fourth-order valence-electron chi connectivity index (χ4n) is 6.36. The SMILES string of the molecule is CC(NC(=O)[C@@H]1C[C@H](n2nncc2C(C)(C)O)CN1C(=O)C(CC1CCCCC1)=NC(=O)c1nccc2ncccc12)C(=O)C(N)=O. The molecule has 15 nitrogen and oxygen atoms in total. The average molecular weight is 646 g/mol. The number of Topliss-reactive ketones (excluding diaryl/α,β-unsaturated/α-hetero) is 1. The number of aliphatic imine (C=N–C) groups is 1. The molecule has 248 valence electrons. The number of likely N-dealkylation sites (tertiary alicyclic amines) is 1. The molecule has 0 aromatic carbocycles. The summed E-state index contributed by atoms with van der Waals surface area (Å²) in [6, 6.07) is 2.09. The second-order valence-electron chi connectivity index (χ2n) is 12.7. The van der Waals surface area contributed by atoms with Gasteiger partial charge < -0.3 is 21.1 Å². The van der Waals surface area contributed by atoms with Gasteiger partial charge in [-0.05, 0) is 51.3 Å². The van der Waals surface area contributed by atoms with Crippen LogP contribution in [0.3, 0.4) is 0 Å². The van der Waals surface area contributed by atoms with Gasteiger partial charge in [-0.2, -0.15) is 0 Å². The van der Waals surface area contributed by atoms with Crippen molar-refractivity contribution < 1.29 is 29.1 Å². The van der Waals surface area contributed by atoms with Crippen molar-refractivity contribution in [2.75, 3.05) is 6.54 Å². The Morgan fingerprint density at radius 2 is 1.85 bits per heavy atom. The van der Waals surface area contributed by atoms with Gasteiger partial charge in [-0.25, -0.2) is 9.67 Å². The summed E-state index contributed by atoms with van der Waals surface area (Å²) in [5.74, 6) is -4.11. The minimum atomic E-state index is -1.33. The zero-order valence-corrected chi connectivity index (χ0v) is 26.6. The summed E-state index contributed by atoms with van der Waals surface area (Å²) < 4.78 is 1.47. The molecule has 4 N–H and O–H groups in total. The average Bonchev–Trinajstić information content (AvgIpc) is 3.72. The molecule has 0 bridgehead atoms. The van der Waals surface area contributed by atoms with E-state index in [0.717, 1.165) is 32.1 Å². The number of hydrogen-bond acceptors (Lipinski definition) is 10. The number of primary amides is 1. The molecular weight excluding hydrogens is 606 g/mol. The Hall–Kier alpha value is -4.92. The molecule has 1 unspecified atom stereocenters. The number of amides is 4. The van der Waals surface area contributed by atoms with Crippen LogP contribution in [0, 0.1) is 5.92 Å². The van der Waals surface area contributed by atoms with Crippen molar-refractivity contribution in [2.45, 2.75) is 89.4 Å². The summed E-state index contributed by atoms with van der Waals surface area (Å²) in [6.45, 7) is 4.43. The molecule has 3 aromatic heterocycles. The molecule has 1 saturated heterocycles. The van der Waals surface area contributed by atoms with Crippen LogP contribution in [-0.2, 0) is 24.8 Å². The van der Waals surface area contributed by atoms with Crippen LogP contribution in [0.15, 0.2) is 41.8 Å². The van der Waals surface area contributed by atoms with E-state index in [-0.39, 0.29) is 36.7 Å². The summed E-state index contributed by atoms with van der Waals surface area (Å²) in [5.41, 5.74) is 4.77.